The SMILES string of the molecule is CCCCc1nc2c(NCc3ccc(OC)cc3OC)nc3ccc(Br)cc3c2n1Cc1ccc(OC)cc1CO.CCCCc1nc2c([nH]1)c(N)nc1ccc(CCCCCN(C)CCOCCC(=O)Oc3c(F)c(F)cc(F)c3F)cc12. The van der Waals surface area contributed by atoms with Crippen molar-refractivity contribution in [2.75, 3.05) is 65.7 Å². The number of nitrogen functional groups attached to an aromatic ring is 1. The lowest BCUT2D eigenvalue weighted by Crippen LogP contribution is -2.25. The first-order chi connectivity index (χ1) is 40.7. The molecule has 21 heteroatoms. The molecular weight excluding hydrogens is 1150 g/mol. The maximum Gasteiger partial charge on any atom is 0.313 e. The van der Waals surface area contributed by atoms with Gasteiger partial charge in [0.1, 0.15) is 51.3 Å². The zero-order valence-electron chi connectivity index (χ0n) is 48.3. The largest absolute Gasteiger partial charge is 0.497 e. The van der Waals surface area contributed by atoms with Crippen LogP contribution in [0.15, 0.2) is 83.3 Å². The maximum atomic E-state index is 13.6. The number of esters is 1. The second kappa shape index (κ2) is 29.8. The van der Waals surface area contributed by atoms with E-state index in [0.717, 1.165) is 165 Å². The van der Waals surface area contributed by atoms with E-state index in [2.05, 4.69) is 77.5 Å². The van der Waals surface area contributed by atoms with Crippen molar-refractivity contribution in [2.45, 2.75) is 104 Å². The van der Waals surface area contributed by atoms with Crippen LogP contribution in [0.5, 0.6) is 23.0 Å². The van der Waals surface area contributed by atoms with Gasteiger partial charge in [-0.05, 0) is 117 Å². The van der Waals surface area contributed by atoms with Crippen LogP contribution >= 0.6 is 15.9 Å². The van der Waals surface area contributed by atoms with Crippen LogP contribution in [-0.2, 0) is 48.5 Å². The molecule has 5 N–H and O–H groups in total. The van der Waals surface area contributed by atoms with Gasteiger partial charge in [-0.2, -0.15) is 8.78 Å². The summed E-state index contributed by atoms with van der Waals surface area (Å²) in [4.78, 5) is 36.8. The number of ether oxygens (including phenoxy) is 5. The Hall–Kier alpha value is -7.59. The van der Waals surface area contributed by atoms with Gasteiger partial charge < -0.3 is 54.3 Å². The van der Waals surface area contributed by atoms with Crippen molar-refractivity contribution in [3.05, 3.63) is 141 Å². The molecule has 0 atom stereocenters. The molecular formula is C63H72BrF4N9O7. The van der Waals surface area contributed by atoms with Crippen molar-refractivity contribution in [1.82, 2.24) is 34.4 Å². The lowest BCUT2D eigenvalue weighted by atomic mass is 10.0. The maximum absolute atomic E-state index is 13.6. The predicted octanol–water partition coefficient (Wildman–Crippen LogP) is 13.1. The number of H-pyrrole nitrogens is 1. The number of nitrogens with zero attached hydrogens (tertiary/aromatic N) is 6. The van der Waals surface area contributed by atoms with E-state index in [1.54, 1.807) is 21.3 Å². The molecule has 0 amide bonds. The summed E-state index contributed by atoms with van der Waals surface area (Å²) < 4.78 is 83.2. The number of aromatic nitrogens is 6. The van der Waals surface area contributed by atoms with Crippen molar-refractivity contribution >= 4 is 77.4 Å². The number of hydrogen-bond donors (Lipinski definition) is 4. The number of pyridine rings is 2. The Balaban J connectivity index is 0.000000219. The quantitative estimate of drug-likeness (QED) is 0.0119. The number of likely N-dealkylation sites (N-methyl/N-ethyl adjacent to an activating group) is 1. The van der Waals surface area contributed by atoms with E-state index >= 15 is 0 Å². The normalized spacial score (nSPS) is 11.5. The van der Waals surface area contributed by atoms with Gasteiger partial charge in [-0.1, -0.05) is 61.2 Å². The van der Waals surface area contributed by atoms with E-state index in [-0.39, 0.29) is 25.7 Å². The summed E-state index contributed by atoms with van der Waals surface area (Å²) in [5, 5.41) is 15.7. The second-order valence-electron chi connectivity index (χ2n) is 20.5. The highest BCUT2D eigenvalue weighted by atomic mass is 79.9. The highest BCUT2D eigenvalue weighted by molar-refractivity contribution is 9.10. The fraction of sp³-hybridized carbons (Fsp3) is 0.381. The predicted molar refractivity (Wildman–Crippen MR) is 323 cm³/mol. The average molecular weight is 1220 g/mol. The molecule has 0 radical (unpaired) electrons. The summed E-state index contributed by atoms with van der Waals surface area (Å²) in [6, 6.07) is 24.1. The Morgan fingerprint density at radius 2 is 1.44 bits per heavy atom. The third kappa shape index (κ3) is 15.4. The molecule has 0 bridgehead atoms. The molecule has 0 aliphatic heterocycles. The van der Waals surface area contributed by atoms with Crippen molar-refractivity contribution in [2.24, 2.45) is 0 Å². The monoisotopic (exact) mass is 1220 g/mol. The molecule has 84 heavy (non-hydrogen) atoms. The van der Waals surface area contributed by atoms with E-state index in [0.29, 0.717) is 37.9 Å². The van der Waals surface area contributed by atoms with Crippen LogP contribution in [0.25, 0.3) is 43.9 Å². The van der Waals surface area contributed by atoms with Crippen LogP contribution in [0.3, 0.4) is 0 Å². The van der Waals surface area contributed by atoms with Gasteiger partial charge in [0.2, 0.25) is 17.4 Å². The lowest BCUT2D eigenvalue weighted by molar-refractivity contribution is -0.136. The van der Waals surface area contributed by atoms with Gasteiger partial charge in [0.25, 0.3) is 0 Å². The molecule has 0 fully saturated rings. The average Bonchev–Trinajstić information content (AvgIpc) is 4.32. The summed E-state index contributed by atoms with van der Waals surface area (Å²) in [5.41, 5.74) is 15.4. The number of aliphatic hydroxyl groups is 1. The van der Waals surface area contributed by atoms with Crippen LogP contribution in [0, 0.1) is 23.3 Å². The molecule has 0 unspecified atom stereocenters. The fourth-order valence-electron chi connectivity index (χ4n) is 9.86. The number of anilines is 2. The molecule has 4 heterocycles. The minimum atomic E-state index is -1.76. The number of carbonyl (C=O) groups excluding carboxylic acids is 1. The van der Waals surface area contributed by atoms with Gasteiger partial charge in [-0.25, -0.2) is 28.7 Å². The van der Waals surface area contributed by atoms with Gasteiger partial charge in [0, 0.05) is 65.4 Å². The third-order valence-electron chi connectivity index (χ3n) is 14.5. The first-order valence-corrected chi connectivity index (χ1v) is 29.0. The molecule has 0 saturated heterocycles. The molecule has 4 aromatic heterocycles. The summed E-state index contributed by atoms with van der Waals surface area (Å²) in [6.07, 6.45) is 9.62. The Morgan fingerprint density at radius 1 is 0.726 bits per heavy atom. The molecule has 0 spiro atoms. The van der Waals surface area contributed by atoms with Gasteiger partial charge in [-0.3, -0.25) is 4.79 Å². The standard InChI is InChI=1S/C32H35BrN4O4.C31H37F4N5O3/c1-5-6-7-29-36-30-31(37(29)18-21-9-12-24(39-2)14-22(21)19-38)26-15-23(33)10-13-27(26)35-32(30)34-17-20-8-11-25(40-3)16-28(20)41-4;1-3-4-9-24-38-28-20-17-19(10-11-23(20)37-31(36)29(28)39-24)8-6-5-7-13-40(2)14-16-42-15-12-25(41)43-30-26(34)21(32)18-22(33)27(30)35/h8-16,38H,5-7,17-19H2,1-4H3,(H,34,35);10-11,17-18H,3-9,12-16H2,1-2H3,(H2,36,37)(H,38,39). The van der Waals surface area contributed by atoms with E-state index in [1.165, 1.54) is 5.56 Å². The van der Waals surface area contributed by atoms with Crippen LogP contribution in [0.2, 0.25) is 0 Å². The number of aliphatic hydroxyl groups excluding tert-OH is 1. The number of benzene rings is 5. The van der Waals surface area contributed by atoms with Crippen molar-refractivity contribution in [3.8, 4) is 23.0 Å². The number of fused-ring (bicyclic) bond motifs is 6. The number of carbonyl (C=O) groups is 1. The molecule has 0 saturated carbocycles. The zero-order chi connectivity index (χ0) is 59.9. The Morgan fingerprint density at radius 3 is 2.17 bits per heavy atom. The molecule has 446 valence electrons. The molecule has 16 nitrogen and oxygen atoms in total. The molecule has 0 aliphatic carbocycles. The number of unbranched alkanes of at least 4 members (excludes halogenated alkanes) is 4. The van der Waals surface area contributed by atoms with Crippen molar-refractivity contribution in [3.63, 3.8) is 0 Å². The Labute approximate surface area is 494 Å². The van der Waals surface area contributed by atoms with Gasteiger partial charge in [0.15, 0.2) is 17.5 Å². The summed E-state index contributed by atoms with van der Waals surface area (Å²) >= 11 is 3.66. The minimum absolute atomic E-state index is 0.0447. The van der Waals surface area contributed by atoms with E-state index in [4.69, 9.17) is 39.6 Å². The van der Waals surface area contributed by atoms with Crippen LogP contribution < -0.4 is 30.0 Å². The highest BCUT2D eigenvalue weighted by Crippen LogP contribution is 2.36. The van der Waals surface area contributed by atoms with E-state index in [9.17, 15) is 27.5 Å². The number of halogens is 5. The van der Waals surface area contributed by atoms with Crippen molar-refractivity contribution < 1.29 is 51.1 Å². The number of methoxy groups -OCH3 is 3. The number of aryl methyl sites for hydroxylation is 3. The Kier molecular flexibility index (Phi) is 22.1. The molecule has 9 aromatic rings. The van der Waals surface area contributed by atoms with E-state index < -0.39 is 35.0 Å². The minimum Gasteiger partial charge on any atom is -0.497 e. The van der Waals surface area contributed by atoms with Gasteiger partial charge >= 0.3 is 5.97 Å². The first-order valence-electron chi connectivity index (χ1n) is 28.2. The smallest absolute Gasteiger partial charge is 0.313 e. The van der Waals surface area contributed by atoms with Gasteiger partial charge in [0.05, 0.1) is 64.1 Å². The summed E-state index contributed by atoms with van der Waals surface area (Å²) in [7, 11) is 6.90. The topological polar surface area (TPSA) is 197 Å². The third-order valence-corrected chi connectivity index (χ3v) is 15.0. The van der Waals surface area contributed by atoms with Gasteiger partial charge in [-0.15, -0.1) is 0 Å². The molecule has 5 aromatic carbocycles. The van der Waals surface area contributed by atoms with Crippen LogP contribution in [0.4, 0.5) is 29.2 Å². The van der Waals surface area contributed by atoms with Crippen LogP contribution in [-0.4, -0.2) is 100 Å². The summed E-state index contributed by atoms with van der Waals surface area (Å²) in [6.45, 7) is 7.08. The fourth-order valence-corrected chi connectivity index (χ4v) is 10.2. The van der Waals surface area contributed by atoms with E-state index in [1.807, 2.05) is 61.6 Å². The number of rotatable bonds is 28. The number of aromatic amines is 1. The second-order valence-corrected chi connectivity index (χ2v) is 21.4. The summed E-state index contributed by atoms with van der Waals surface area (Å²) in [5.74, 6) is -3.98. The highest BCUT2D eigenvalue weighted by Gasteiger charge is 2.24. The number of hydrogen-bond acceptors (Lipinski definition) is 14. The zero-order valence-corrected chi connectivity index (χ0v) is 49.9. The number of nitrogens with one attached hydrogen (secondary N) is 2. The first kappa shape index (κ1) is 62.5. The van der Waals surface area contributed by atoms with Crippen LogP contribution in [0.1, 0.15) is 99.1 Å². The molecule has 0 aliphatic rings. The van der Waals surface area contributed by atoms with Crippen molar-refractivity contribution in [1.29, 1.82) is 0 Å². The number of imidazole rings is 2. The lowest BCUT2D eigenvalue weighted by Gasteiger charge is -2.16. The Bertz CT molecular complexity index is 3710. The number of nitrogens with two attached hydrogens (primary N) is 1. The molecule has 9 rings (SSSR count).